The molecule has 1 aromatic carbocycles. The molecule has 0 saturated carbocycles. The van der Waals surface area contributed by atoms with Crippen molar-refractivity contribution in [3.63, 3.8) is 0 Å². The van der Waals surface area contributed by atoms with Gasteiger partial charge in [0, 0.05) is 25.3 Å². The first-order valence-corrected chi connectivity index (χ1v) is 5.93. The van der Waals surface area contributed by atoms with Crippen molar-refractivity contribution in [2.24, 2.45) is 5.73 Å². The normalized spacial score (nSPS) is 12.2. The highest BCUT2D eigenvalue weighted by Gasteiger charge is 2.11. The molecule has 94 valence electrons. The van der Waals surface area contributed by atoms with E-state index in [0.29, 0.717) is 0 Å². The van der Waals surface area contributed by atoms with Gasteiger partial charge in [-0.15, -0.1) is 6.58 Å². The van der Waals surface area contributed by atoms with Gasteiger partial charge in [-0.2, -0.15) is 0 Å². The molecule has 0 aromatic heterocycles. The molecule has 0 amide bonds. The molecule has 0 aliphatic heterocycles. The Morgan fingerprint density at radius 1 is 1.53 bits per heavy atom. The molecule has 0 unspecified atom stereocenters. The van der Waals surface area contributed by atoms with Crippen LogP contribution in [-0.2, 0) is 0 Å². The molecule has 0 aliphatic rings. The minimum Gasteiger partial charge on any atom is -0.374 e. The summed E-state index contributed by atoms with van der Waals surface area (Å²) in [5.74, 6) is -0.236. The monoisotopic (exact) mass is 236 g/mol. The predicted molar refractivity (Wildman–Crippen MR) is 71.7 cm³/mol. The summed E-state index contributed by atoms with van der Waals surface area (Å²) in [5.41, 5.74) is 7.72. The second kappa shape index (κ2) is 6.40. The Morgan fingerprint density at radius 3 is 2.82 bits per heavy atom. The summed E-state index contributed by atoms with van der Waals surface area (Å²) in [7, 11) is 2.00. The number of unbranched alkanes of at least 4 members (excludes halogenated alkanes) is 1. The van der Waals surface area contributed by atoms with E-state index in [4.69, 9.17) is 5.73 Å². The molecule has 1 rings (SSSR count). The first kappa shape index (κ1) is 13.7. The zero-order valence-electron chi connectivity index (χ0n) is 10.6. The standard InChI is InChI=1S/C14H21FN2/c1-4-5-6-9-17(3)14-8-7-12(15)10-13(14)11(2)16/h4,7-8,10-11H,1,5-6,9,16H2,2-3H3/t11-/m1/s1. The number of hydrogen-bond donors (Lipinski definition) is 1. The molecule has 0 bridgehead atoms. The fraction of sp³-hybridized carbons (Fsp3) is 0.429. The molecule has 0 spiro atoms. The van der Waals surface area contributed by atoms with Gasteiger partial charge in [0.25, 0.3) is 0 Å². The predicted octanol–water partition coefficient (Wildman–Crippen LogP) is 3.25. The molecule has 17 heavy (non-hydrogen) atoms. The molecule has 3 heteroatoms. The molecule has 0 fully saturated rings. The van der Waals surface area contributed by atoms with E-state index < -0.39 is 0 Å². The van der Waals surface area contributed by atoms with Crippen LogP contribution in [-0.4, -0.2) is 13.6 Å². The average Bonchev–Trinajstić information content (AvgIpc) is 2.29. The van der Waals surface area contributed by atoms with Crippen molar-refractivity contribution in [3.05, 3.63) is 42.2 Å². The lowest BCUT2D eigenvalue weighted by atomic mass is 10.1. The highest BCUT2D eigenvalue weighted by atomic mass is 19.1. The van der Waals surface area contributed by atoms with Crippen LogP contribution in [0.25, 0.3) is 0 Å². The Morgan fingerprint density at radius 2 is 2.24 bits per heavy atom. The van der Waals surface area contributed by atoms with E-state index in [2.05, 4.69) is 11.5 Å². The van der Waals surface area contributed by atoms with Crippen LogP contribution in [0.5, 0.6) is 0 Å². The fourth-order valence-corrected chi connectivity index (χ4v) is 1.83. The second-order valence-corrected chi connectivity index (χ2v) is 4.34. The van der Waals surface area contributed by atoms with Gasteiger partial charge in [0.05, 0.1) is 0 Å². The largest absolute Gasteiger partial charge is 0.374 e. The van der Waals surface area contributed by atoms with Gasteiger partial charge in [0.2, 0.25) is 0 Å². The summed E-state index contributed by atoms with van der Waals surface area (Å²) >= 11 is 0. The Labute approximate surface area is 103 Å². The molecule has 1 atom stereocenters. The van der Waals surface area contributed by atoms with Gasteiger partial charge in [0.15, 0.2) is 0 Å². The third-order valence-corrected chi connectivity index (χ3v) is 2.79. The summed E-state index contributed by atoms with van der Waals surface area (Å²) in [6.07, 6.45) is 3.93. The van der Waals surface area contributed by atoms with Crippen molar-refractivity contribution in [1.29, 1.82) is 0 Å². The van der Waals surface area contributed by atoms with E-state index in [1.54, 1.807) is 6.07 Å². The molecule has 0 heterocycles. The highest BCUT2D eigenvalue weighted by Crippen LogP contribution is 2.25. The van der Waals surface area contributed by atoms with Crippen LogP contribution in [0.15, 0.2) is 30.9 Å². The summed E-state index contributed by atoms with van der Waals surface area (Å²) < 4.78 is 13.2. The van der Waals surface area contributed by atoms with Gasteiger partial charge in [-0.3, -0.25) is 0 Å². The molecule has 1 aromatic rings. The number of rotatable bonds is 6. The smallest absolute Gasteiger partial charge is 0.123 e. The molecular weight excluding hydrogens is 215 g/mol. The van der Waals surface area contributed by atoms with Crippen LogP contribution in [0.2, 0.25) is 0 Å². The lowest BCUT2D eigenvalue weighted by Gasteiger charge is -2.23. The Balaban J connectivity index is 2.84. The van der Waals surface area contributed by atoms with E-state index in [1.165, 1.54) is 12.1 Å². The minimum absolute atomic E-state index is 0.164. The van der Waals surface area contributed by atoms with Crippen LogP contribution in [0.4, 0.5) is 10.1 Å². The van der Waals surface area contributed by atoms with Gasteiger partial charge in [-0.1, -0.05) is 6.08 Å². The van der Waals surface area contributed by atoms with Gasteiger partial charge in [-0.05, 0) is 43.5 Å². The Hall–Kier alpha value is -1.35. The zero-order valence-corrected chi connectivity index (χ0v) is 10.6. The number of hydrogen-bond acceptors (Lipinski definition) is 2. The minimum atomic E-state index is -0.236. The molecule has 0 saturated heterocycles. The van der Waals surface area contributed by atoms with Crippen molar-refractivity contribution in [1.82, 2.24) is 0 Å². The van der Waals surface area contributed by atoms with E-state index in [1.807, 2.05) is 20.0 Å². The Bertz CT molecular complexity index is 374. The van der Waals surface area contributed by atoms with Gasteiger partial charge < -0.3 is 10.6 Å². The van der Waals surface area contributed by atoms with Crippen LogP contribution < -0.4 is 10.6 Å². The molecule has 2 nitrogen and oxygen atoms in total. The van der Waals surface area contributed by atoms with Crippen molar-refractivity contribution >= 4 is 5.69 Å². The number of benzene rings is 1. The van der Waals surface area contributed by atoms with E-state index in [9.17, 15) is 4.39 Å². The van der Waals surface area contributed by atoms with E-state index in [0.717, 1.165) is 30.6 Å². The van der Waals surface area contributed by atoms with E-state index in [-0.39, 0.29) is 11.9 Å². The maximum Gasteiger partial charge on any atom is 0.123 e. The summed E-state index contributed by atoms with van der Waals surface area (Å²) in [6.45, 7) is 6.48. The molecule has 0 aliphatic carbocycles. The number of halogens is 1. The van der Waals surface area contributed by atoms with Crippen molar-refractivity contribution < 1.29 is 4.39 Å². The van der Waals surface area contributed by atoms with Crippen molar-refractivity contribution in [3.8, 4) is 0 Å². The van der Waals surface area contributed by atoms with Gasteiger partial charge in [0.1, 0.15) is 5.82 Å². The SMILES string of the molecule is C=CCCCN(C)c1ccc(F)cc1[C@@H](C)N. The first-order chi connectivity index (χ1) is 8.06. The number of nitrogens with zero attached hydrogens (tertiary/aromatic N) is 1. The maximum atomic E-state index is 13.2. The van der Waals surface area contributed by atoms with Crippen LogP contribution in [0.1, 0.15) is 31.4 Å². The van der Waals surface area contributed by atoms with Crippen LogP contribution >= 0.6 is 0 Å². The second-order valence-electron chi connectivity index (χ2n) is 4.34. The van der Waals surface area contributed by atoms with Crippen LogP contribution in [0, 0.1) is 5.82 Å². The van der Waals surface area contributed by atoms with Crippen molar-refractivity contribution in [2.75, 3.05) is 18.5 Å². The molecule has 0 radical (unpaired) electrons. The summed E-state index contributed by atoms with van der Waals surface area (Å²) in [6, 6.07) is 4.62. The van der Waals surface area contributed by atoms with Crippen molar-refractivity contribution in [2.45, 2.75) is 25.8 Å². The van der Waals surface area contributed by atoms with E-state index >= 15 is 0 Å². The summed E-state index contributed by atoms with van der Waals surface area (Å²) in [5, 5.41) is 0. The molecular formula is C14H21FN2. The third-order valence-electron chi connectivity index (χ3n) is 2.79. The fourth-order valence-electron chi connectivity index (χ4n) is 1.83. The maximum absolute atomic E-state index is 13.2. The first-order valence-electron chi connectivity index (χ1n) is 5.93. The lowest BCUT2D eigenvalue weighted by molar-refractivity contribution is 0.621. The molecule has 2 N–H and O–H groups in total. The topological polar surface area (TPSA) is 29.3 Å². The number of anilines is 1. The number of allylic oxidation sites excluding steroid dienone is 1. The van der Waals surface area contributed by atoms with Crippen LogP contribution in [0.3, 0.4) is 0 Å². The van der Waals surface area contributed by atoms with Gasteiger partial charge >= 0.3 is 0 Å². The zero-order chi connectivity index (χ0) is 12.8. The summed E-state index contributed by atoms with van der Waals surface area (Å²) in [4.78, 5) is 2.11. The highest BCUT2D eigenvalue weighted by molar-refractivity contribution is 5.54. The number of nitrogens with two attached hydrogens (primary N) is 1. The van der Waals surface area contributed by atoms with Gasteiger partial charge in [-0.25, -0.2) is 4.39 Å². The average molecular weight is 236 g/mol. The lowest BCUT2D eigenvalue weighted by Crippen LogP contribution is -2.21. The third kappa shape index (κ3) is 3.86. The Kier molecular flexibility index (Phi) is 5.16. The quantitative estimate of drug-likeness (QED) is 0.607.